The van der Waals surface area contributed by atoms with Gasteiger partial charge in [-0.2, -0.15) is 10.2 Å². The summed E-state index contributed by atoms with van der Waals surface area (Å²) in [5, 5.41) is 10.9. The van der Waals surface area contributed by atoms with Crippen LogP contribution in [0.15, 0.2) is 41.8 Å². The minimum atomic E-state index is -2.91. The number of hydrogen-bond acceptors (Lipinski definition) is 7. The van der Waals surface area contributed by atoms with Gasteiger partial charge in [0, 0.05) is 35.9 Å². The molecule has 8 nitrogen and oxygen atoms in total. The van der Waals surface area contributed by atoms with Gasteiger partial charge >= 0.3 is 0 Å². The number of benzene rings is 1. The van der Waals surface area contributed by atoms with Crippen molar-refractivity contribution in [2.75, 3.05) is 7.11 Å². The van der Waals surface area contributed by atoms with Gasteiger partial charge in [0.15, 0.2) is 10.5 Å². The van der Waals surface area contributed by atoms with E-state index in [0.717, 1.165) is 25.1 Å². The van der Waals surface area contributed by atoms with Crippen LogP contribution in [0.1, 0.15) is 49.2 Å². The van der Waals surface area contributed by atoms with Gasteiger partial charge in [-0.05, 0) is 48.9 Å². The summed E-state index contributed by atoms with van der Waals surface area (Å²) in [6, 6.07) is 5.46. The van der Waals surface area contributed by atoms with Gasteiger partial charge in [0.2, 0.25) is 0 Å². The SMILES string of the molecule is CC.COc1cnc(C(F)F)cc1-c1c(C(=O)NC2=NNC(C#CC3CC3)S2)ccc(-c2ccn(C)n2)c1F. The zero-order valence-corrected chi connectivity index (χ0v) is 22.6. The largest absolute Gasteiger partial charge is 0.494 e. The highest BCUT2D eigenvalue weighted by Crippen LogP contribution is 2.39. The molecule has 1 amide bonds. The molecular formula is C27H27F3N6O2S. The first-order valence-electron chi connectivity index (χ1n) is 12.3. The first-order valence-corrected chi connectivity index (χ1v) is 13.2. The summed E-state index contributed by atoms with van der Waals surface area (Å²) in [5.74, 6) is 5.15. The fourth-order valence-corrected chi connectivity index (χ4v) is 4.42. The van der Waals surface area contributed by atoms with Crippen molar-refractivity contribution in [1.29, 1.82) is 0 Å². The van der Waals surface area contributed by atoms with E-state index in [1.165, 1.54) is 35.7 Å². The number of aryl methyl sites for hydroxylation is 1. The van der Waals surface area contributed by atoms with Gasteiger partial charge in [-0.15, -0.1) is 0 Å². The van der Waals surface area contributed by atoms with E-state index in [2.05, 4.69) is 37.8 Å². The predicted octanol–water partition coefficient (Wildman–Crippen LogP) is 5.34. The standard InChI is InChI=1S/C25H21F3N6O2S.C2H6/c1-34-10-9-17(33-34)14-6-7-15(24(35)30-25-32-31-20(37-25)8-5-13-3-4-13)21(22(14)26)16-11-18(23(27)28)29-12-19(16)36-2;1-2/h6-7,9-13,20,23,31H,3-4H2,1-2H3,(H,30,32,35);1-2H3. The number of pyridine rings is 1. The fourth-order valence-electron chi connectivity index (χ4n) is 3.71. The molecule has 2 aliphatic rings. The number of nitrogens with one attached hydrogen (secondary N) is 2. The molecule has 1 aromatic carbocycles. The molecule has 204 valence electrons. The lowest BCUT2D eigenvalue weighted by Crippen LogP contribution is -2.28. The quantitative estimate of drug-likeness (QED) is 0.413. The van der Waals surface area contributed by atoms with Crippen LogP contribution >= 0.6 is 11.8 Å². The number of aromatic nitrogens is 3. The summed E-state index contributed by atoms with van der Waals surface area (Å²) >= 11 is 1.22. The van der Waals surface area contributed by atoms with Crippen molar-refractivity contribution in [2.45, 2.75) is 38.5 Å². The summed E-state index contributed by atoms with van der Waals surface area (Å²) in [4.78, 5) is 17.0. The molecule has 0 radical (unpaired) electrons. The minimum absolute atomic E-state index is 0.0279. The number of ether oxygens (including phenoxy) is 1. The molecule has 2 aromatic heterocycles. The van der Waals surface area contributed by atoms with E-state index in [9.17, 15) is 13.6 Å². The van der Waals surface area contributed by atoms with Crippen LogP contribution in [0.3, 0.4) is 0 Å². The molecule has 1 saturated carbocycles. The maximum absolute atomic E-state index is 16.1. The van der Waals surface area contributed by atoms with Crippen LogP contribution in [-0.2, 0) is 7.05 Å². The number of hydrazone groups is 1. The smallest absolute Gasteiger partial charge is 0.280 e. The Balaban J connectivity index is 0.00000172. The number of thioether (sulfide) groups is 1. The van der Waals surface area contributed by atoms with Gasteiger partial charge < -0.3 is 4.74 Å². The maximum atomic E-state index is 16.1. The van der Waals surface area contributed by atoms with Crippen LogP contribution in [0.5, 0.6) is 5.75 Å². The molecule has 0 spiro atoms. The average molecular weight is 557 g/mol. The first kappa shape index (κ1) is 28.0. The van der Waals surface area contributed by atoms with Crippen molar-refractivity contribution in [3.63, 3.8) is 0 Å². The summed E-state index contributed by atoms with van der Waals surface area (Å²) in [5.41, 5.74) is 2.30. The number of carbonyl (C=O) groups excluding carboxylic acids is 1. The Morgan fingerprint density at radius 3 is 2.64 bits per heavy atom. The molecule has 0 bridgehead atoms. The van der Waals surface area contributed by atoms with E-state index in [0.29, 0.717) is 11.6 Å². The van der Waals surface area contributed by atoms with E-state index in [-0.39, 0.29) is 38.5 Å². The van der Waals surface area contributed by atoms with Gasteiger partial charge in [-0.3, -0.25) is 25.2 Å². The number of amidine groups is 1. The third kappa shape index (κ3) is 6.37. The molecule has 1 aliphatic heterocycles. The zero-order chi connectivity index (χ0) is 28.1. The second kappa shape index (κ2) is 12.3. The highest BCUT2D eigenvalue weighted by molar-refractivity contribution is 8.14. The van der Waals surface area contributed by atoms with Gasteiger partial charge in [0.1, 0.15) is 17.3 Å². The second-order valence-electron chi connectivity index (χ2n) is 8.40. The molecule has 3 heterocycles. The van der Waals surface area contributed by atoms with Crippen molar-refractivity contribution in [2.24, 2.45) is 18.1 Å². The molecule has 1 atom stereocenters. The average Bonchev–Trinajstić information content (AvgIpc) is 3.51. The van der Waals surface area contributed by atoms with Gasteiger partial charge in [-0.1, -0.05) is 25.7 Å². The van der Waals surface area contributed by atoms with E-state index in [1.807, 2.05) is 13.8 Å². The van der Waals surface area contributed by atoms with E-state index < -0.39 is 23.8 Å². The number of amides is 1. The van der Waals surface area contributed by atoms with Crippen LogP contribution in [0, 0.1) is 23.6 Å². The monoisotopic (exact) mass is 556 g/mol. The third-order valence-corrected chi connectivity index (χ3v) is 6.58. The first-order chi connectivity index (χ1) is 18.8. The van der Waals surface area contributed by atoms with E-state index in [1.54, 1.807) is 19.3 Å². The Labute approximate surface area is 228 Å². The Hall–Kier alpha value is -3.98. The molecule has 5 rings (SSSR count). The topological polar surface area (TPSA) is 93.4 Å². The number of hydrogen-bond donors (Lipinski definition) is 2. The lowest BCUT2D eigenvalue weighted by Gasteiger charge is -2.16. The van der Waals surface area contributed by atoms with Gasteiger partial charge in [0.05, 0.1) is 24.6 Å². The van der Waals surface area contributed by atoms with Crippen LogP contribution in [-0.4, -0.2) is 38.3 Å². The maximum Gasteiger partial charge on any atom is 0.280 e. The number of rotatable bonds is 5. The number of alkyl halides is 2. The summed E-state index contributed by atoms with van der Waals surface area (Å²) in [6.45, 7) is 4.00. The van der Waals surface area contributed by atoms with Crippen molar-refractivity contribution >= 4 is 22.8 Å². The summed E-state index contributed by atoms with van der Waals surface area (Å²) in [7, 11) is 2.99. The molecule has 1 fully saturated rings. The molecule has 0 saturated heterocycles. The van der Waals surface area contributed by atoms with E-state index >= 15 is 4.39 Å². The molecule has 2 N–H and O–H groups in total. The van der Waals surface area contributed by atoms with Crippen molar-refractivity contribution in [3.8, 4) is 40.0 Å². The number of methoxy groups -OCH3 is 1. The molecule has 12 heteroatoms. The molecule has 1 aliphatic carbocycles. The van der Waals surface area contributed by atoms with Gasteiger partial charge in [-0.25, -0.2) is 13.2 Å². The Kier molecular flexibility index (Phi) is 8.81. The Morgan fingerprint density at radius 2 is 2.00 bits per heavy atom. The second-order valence-corrected chi connectivity index (χ2v) is 9.49. The highest BCUT2D eigenvalue weighted by atomic mass is 32.2. The summed E-state index contributed by atoms with van der Waals surface area (Å²) < 4.78 is 49.9. The van der Waals surface area contributed by atoms with Crippen molar-refractivity contribution < 1.29 is 22.7 Å². The number of halogens is 3. The number of carbonyl (C=O) groups is 1. The van der Waals surface area contributed by atoms with Crippen molar-refractivity contribution in [1.82, 2.24) is 25.5 Å². The van der Waals surface area contributed by atoms with Crippen LogP contribution < -0.4 is 15.5 Å². The molecule has 39 heavy (non-hydrogen) atoms. The normalized spacial score (nSPS) is 15.9. The molecule has 3 aromatic rings. The fraction of sp³-hybridized carbons (Fsp3) is 0.333. The lowest BCUT2D eigenvalue weighted by atomic mass is 9.94. The van der Waals surface area contributed by atoms with Crippen LogP contribution in [0.4, 0.5) is 13.2 Å². The molecule has 1 unspecified atom stereocenters. The Morgan fingerprint density at radius 1 is 1.23 bits per heavy atom. The minimum Gasteiger partial charge on any atom is -0.494 e. The zero-order valence-electron chi connectivity index (χ0n) is 21.8. The highest BCUT2D eigenvalue weighted by Gasteiger charge is 2.28. The third-order valence-electron chi connectivity index (χ3n) is 5.71. The predicted molar refractivity (Wildman–Crippen MR) is 145 cm³/mol. The van der Waals surface area contributed by atoms with Crippen LogP contribution in [0.2, 0.25) is 0 Å². The molecular weight excluding hydrogens is 529 g/mol. The lowest BCUT2D eigenvalue weighted by molar-refractivity contribution is 0.0978. The Bertz CT molecular complexity index is 1460. The van der Waals surface area contributed by atoms with E-state index in [4.69, 9.17) is 4.74 Å². The summed E-state index contributed by atoms with van der Waals surface area (Å²) in [6.07, 6.45) is 1.98. The van der Waals surface area contributed by atoms with Crippen molar-refractivity contribution in [3.05, 3.63) is 53.7 Å². The number of nitrogens with zero attached hydrogens (tertiary/aromatic N) is 4. The van der Waals surface area contributed by atoms with Crippen LogP contribution in [0.25, 0.3) is 22.4 Å². The van der Waals surface area contributed by atoms with Gasteiger partial charge in [0.25, 0.3) is 12.3 Å².